The first kappa shape index (κ1) is 16.0. The first-order chi connectivity index (χ1) is 10.7. The molecule has 0 radical (unpaired) electrons. The Morgan fingerprint density at radius 1 is 1.18 bits per heavy atom. The van der Waals surface area contributed by atoms with E-state index in [4.69, 9.17) is 11.6 Å². The molecule has 1 aromatic heterocycles. The molecule has 0 aliphatic carbocycles. The van der Waals surface area contributed by atoms with Crippen LogP contribution in [0.15, 0.2) is 36.7 Å². The zero-order chi connectivity index (χ0) is 15.8. The van der Waals surface area contributed by atoms with E-state index in [0.717, 1.165) is 12.0 Å². The summed E-state index contributed by atoms with van der Waals surface area (Å²) in [7, 11) is 0. The molecule has 0 aliphatic rings. The van der Waals surface area contributed by atoms with Crippen LogP contribution in [0.4, 0.5) is 16.4 Å². The lowest BCUT2D eigenvalue weighted by molar-refractivity contribution is 0.252. The molecule has 0 saturated heterocycles. The van der Waals surface area contributed by atoms with E-state index in [1.807, 2.05) is 19.1 Å². The number of hydrogen-bond acceptors (Lipinski definition) is 4. The van der Waals surface area contributed by atoms with Crippen molar-refractivity contribution in [2.45, 2.75) is 13.3 Å². The molecular formula is C15H18ClN5O. The minimum atomic E-state index is -0.275. The number of anilines is 2. The maximum absolute atomic E-state index is 11.8. The molecular weight excluding hydrogens is 302 g/mol. The number of nitrogens with one attached hydrogen (secondary N) is 3. The molecule has 116 valence electrons. The summed E-state index contributed by atoms with van der Waals surface area (Å²) in [5.74, 6) is 0.582. The van der Waals surface area contributed by atoms with Gasteiger partial charge in [0.25, 0.3) is 0 Å². The molecule has 6 nitrogen and oxygen atoms in total. The molecule has 0 atom stereocenters. The predicted molar refractivity (Wildman–Crippen MR) is 88.3 cm³/mol. The number of aromatic nitrogens is 2. The number of urea groups is 1. The Kier molecular flexibility index (Phi) is 5.97. The third-order valence-electron chi connectivity index (χ3n) is 2.93. The van der Waals surface area contributed by atoms with E-state index in [1.165, 1.54) is 0 Å². The molecule has 7 heteroatoms. The van der Waals surface area contributed by atoms with Crippen molar-refractivity contribution in [1.82, 2.24) is 15.3 Å². The van der Waals surface area contributed by atoms with E-state index < -0.39 is 0 Å². The van der Waals surface area contributed by atoms with E-state index in [9.17, 15) is 4.79 Å². The van der Waals surface area contributed by atoms with Gasteiger partial charge in [-0.2, -0.15) is 0 Å². The summed E-state index contributed by atoms with van der Waals surface area (Å²) in [6.07, 6.45) is 4.10. The van der Waals surface area contributed by atoms with Crippen LogP contribution in [0.1, 0.15) is 12.0 Å². The van der Waals surface area contributed by atoms with Crippen LogP contribution in [0.5, 0.6) is 0 Å². The van der Waals surface area contributed by atoms with E-state index in [0.29, 0.717) is 29.7 Å². The molecule has 0 spiro atoms. The van der Waals surface area contributed by atoms with Gasteiger partial charge in [-0.3, -0.25) is 0 Å². The molecule has 2 aromatic rings. The highest BCUT2D eigenvalue weighted by atomic mass is 35.5. The molecule has 0 bridgehead atoms. The van der Waals surface area contributed by atoms with Gasteiger partial charge in [0, 0.05) is 25.5 Å². The van der Waals surface area contributed by atoms with Gasteiger partial charge in [-0.05, 0) is 31.0 Å². The lowest BCUT2D eigenvalue weighted by atomic mass is 10.2. The van der Waals surface area contributed by atoms with Crippen molar-refractivity contribution in [2.75, 3.05) is 23.7 Å². The number of aryl methyl sites for hydroxylation is 1. The molecule has 1 aromatic carbocycles. The van der Waals surface area contributed by atoms with Gasteiger partial charge in [-0.25, -0.2) is 14.8 Å². The van der Waals surface area contributed by atoms with Crippen molar-refractivity contribution >= 4 is 29.3 Å². The summed E-state index contributed by atoms with van der Waals surface area (Å²) in [5, 5.41) is 9.13. The molecule has 22 heavy (non-hydrogen) atoms. The second kappa shape index (κ2) is 8.19. The number of carbonyl (C=O) groups excluding carboxylic acids is 1. The normalized spacial score (nSPS) is 10.1. The Morgan fingerprint density at radius 3 is 2.73 bits per heavy atom. The topological polar surface area (TPSA) is 78.9 Å². The summed E-state index contributed by atoms with van der Waals surface area (Å²) in [6.45, 7) is 3.10. The van der Waals surface area contributed by atoms with Crippen LogP contribution in [0.25, 0.3) is 0 Å². The Bertz CT molecular complexity index is 621. The van der Waals surface area contributed by atoms with E-state index in [2.05, 4.69) is 25.9 Å². The van der Waals surface area contributed by atoms with Gasteiger partial charge >= 0.3 is 6.03 Å². The number of hydrogen-bond donors (Lipinski definition) is 3. The fraction of sp³-hybridized carbons (Fsp3) is 0.267. The summed E-state index contributed by atoms with van der Waals surface area (Å²) in [5.41, 5.74) is 1.53. The van der Waals surface area contributed by atoms with Gasteiger partial charge in [-0.15, -0.1) is 0 Å². The van der Waals surface area contributed by atoms with Crippen molar-refractivity contribution in [3.63, 3.8) is 0 Å². The first-order valence-corrected chi connectivity index (χ1v) is 7.35. The predicted octanol–water partition coefficient (Wildman–Crippen LogP) is 3.06. The molecule has 1 heterocycles. The quantitative estimate of drug-likeness (QED) is 0.715. The maximum atomic E-state index is 11.8. The Balaban J connectivity index is 1.67. The summed E-state index contributed by atoms with van der Waals surface area (Å²) in [6, 6.07) is 6.99. The maximum Gasteiger partial charge on any atom is 0.319 e. The largest absolute Gasteiger partial charge is 0.354 e. The molecule has 2 rings (SSSR count). The van der Waals surface area contributed by atoms with E-state index in [-0.39, 0.29) is 6.03 Å². The molecule has 0 fully saturated rings. The smallest absolute Gasteiger partial charge is 0.319 e. The van der Waals surface area contributed by atoms with E-state index >= 15 is 0 Å². The average Bonchev–Trinajstić information content (AvgIpc) is 2.52. The zero-order valence-corrected chi connectivity index (χ0v) is 13.0. The van der Waals surface area contributed by atoms with Crippen molar-refractivity contribution in [1.29, 1.82) is 0 Å². The van der Waals surface area contributed by atoms with Crippen LogP contribution in [0.2, 0.25) is 5.02 Å². The minimum absolute atomic E-state index is 0.275. The molecule has 2 amide bonds. The highest BCUT2D eigenvalue weighted by molar-refractivity contribution is 6.34. The highest BCUT2D eigenvalue weighted by Crippen LogP contribution is 2.24. The third kappa shape index (κ3) is 4.89. The third-order valence-corrected chi connectivity index (χ3v) is 3.43. The van der Waals surface area contributed by atoms with Gasteiger partial charge in [0.05, 0.1) is 10.7 Å². The second-order valence-corrected chi connectivity index (χ2v) is 5.05. The van der Waals surface area contributed by atoms with E-state index in [1.54, 1.807) is 24.5 Å². The molecule has 3 N–H and O–H groups in total. The van der Waals surface area contributed by atoms with Crippen molar-refractivity contribution in [3.05, 3.63) is 47.2 Å². The number of rotatable bonds is 6. The molecule has 0 aliphatic heterocycles. The lowest BCUT2D eigenvalue weighted by Gasteiger charge is -2.10. The molecule has 0 saturated carbocycles. The number of nitrogens with zero attached hydrogens (tertiary/aromatic N) is 2. The Morgan fingerprint density at radius 2 is 1.95 bits per heavy atom. The number of halogens is 1. The lowest BCUT2D eigenvalue weighted by Crippen LogP contribution is -2.30. The van der Waals surface area contributed by atoms with Crippen LogP contribution >= 0.6 is 11.6 Å². The van der Waals surface area contributed by atoms with Crippen molar-refractivity contribution in [2.24, 2.45) is 0 Å². The van der Waals surface area contributed by atoms with Crippen molar-refractivity contribution in [3.8, 4) is 0 Å². The first-order valence-electron chi connectivity index (χ1n) is 6.97. The SMILES string of the molecule is Cc1cccc(NC(=O)NCCCNc2ncccn2)c1Cl. The monoisotopic (exact) mass is 319 g/mol. The van der Waals surface area contributed by atoms with Gasteiger partial charge < -0.3 is 16.0 Å². The van der Waals surface area contributed by atoms with Crippen molar-refractivity contribution < 1.29 is 4.79 Å². The Hall–Kier alpha value is -2.34. The van der Waals surface area contributed by atoms with Gasteiger partial charge in [-0.1, -0.05) is 23.7 Å². The van der Waals surface area contributed by atoms with Gasteiger partial charge in [0.1, 0.15) is 0 Å². The van der Waals surface area contributed by atoms with Gasteiger partial charge in [0.15, 0.2) is 0 Å². The fourth-order valence-corrected chi connectivity index (χ4v) is 1.96. The second-order valence-electron chi connectivity index (χ2n) is 4.67. The van der Waals surface area contributed by atoms with Crippen LogP contribution in [-0.2, 0) is 0 Å². The fourth-order valence-electron chi connectivity index (χ4n) is 1.79. The summed E-state index contributed by atoms with van der Waals surface area (Å²) < 4.78 is 0. The number of benzene rings is 1. The van der Waals surface area contributed by atoms with Crippen LogP contribution in [0, 0.1) is 6.92 Å². The summed E-state index contributed by atoms with van der Waals surface area (Å²) in [4.78, 5) is 19.9. The van der Waals surface area contributed by atoms with Gasteiger partial charge in [0.2, 0.25) is 5.95 Å². The number of carbonyl (C=O) groups is 1. The minimum Gasteiger partial charge on any atom is -0.354 e. The summed E-state index contributed by atoms with van der Waals surface area (Å²) >= 11 is 6.12. The van der Waals surface area contributed by atoms with Crippen LogP contribution < -0.4 is 16.0 Å². The molecule has 0 unspecified atom stereocenters. The zero-order valence-electron chi connectivity index (χ0n) is 12.3. The standard InChI is InChI=1S/C15H18ClN5O/c1-11-5-2-6-12(13(11)16)21-15(22)20-10-4-9-19-14-17-7-3-8-18-14/h2-3,5-8H,4,9-10H2,1H3,(H,17,18,19)(H2,20,21,22). The van der Waals surface area contributed by atoms with Crippen LogP contribution in [0.3, 0.4) is 0 Å². The highest BCUT2D eigenvalue weighted by Gasteiger charge is 2.06. The van der Waals surface area contributed by atoms with Crippen LogP contribution in [-0.4, -0.2) is 29.1 Å². The Labute approximate surface area is 134 Å². The average molecular weight is 320 g/mol. The number of amides is 2.